The van der Waals surface area contributed by atoms with Crippen molar-refractivity contribution in [2.75, 3.05) is 14.7 Å². The molecule has 4 aliphatic heterocycles. The maximum absolute atomic E-state index is 6.91. The highest BCUT2D eigenvalue weighted by molar-refractivity contribution is 7.00. The van der Waals surface area contributed by atoms with E-state index in [0.717, 1.165) is 24.0 Å². The van der Waals surface area contributed by atoms with Crippen molar-refractivity contribution in [3.63, 3.8) is 0 Å². The molecule has 364 valence electrons. The number of rotatable bonds is 2. The van der Waals surface area contributed by atoms with Gasteiger partial charge in [0.05, 0.1) is 16.8 Å². The van der Waals surface area contributed by atoms with E-state index in [2.05, 4.69) is 210 Å². The minimum atomic E-state index is -0.114. The van der Waals surface area contributed by atoms with Crippen LogP contribution >= 0.6 is 0 Å². The van der Waals surface area contributed by atoms with Crippen LogP contribution in [0.5, 0.6) is 0 Å². The number of nitrogens with zero attached hydrogens (tertiary/aromatic N) is 3. The third-order valence-corrected chi connectivity index (χ3v) is 20.2. The van der Waals surface area contributed by atoms with E-state index >= 15 is 0 Å². The van der Waals surface area contributed by atoms with Crippen LogP contribution in [0.25, 0.3) is 21.9 Å². The molecule has 2 fully saturated rings. The van der Waals surface area contributed by atoms with Crippen molar-refractivity contribution in [3.8, 4) is 0 Å². The topological polar surface area (TPSA) is 22.9 Å². The number of para-hydroxylation sites is 1. The second kappa shape index (κ2) is 14.2. The lowest BCUT2D eigenvalue weighted by Gasteiger charge is -2.54. The average molecular weight is 938 g/mol. The SMILES string of the molecule is Cc1cc(C(C)(C)C)cc(C)c1N1c2cc3c(cc2B2c4cc(C(C)(C)C)cc5c4N(c4cc(N6c7ccc(C(C)(C)C)cc7C7(C)CCCCC67C)cc1c42)C1(C)CCCCC51C)oc1ccccc13. The highest BCUT2D eigenvalue weighted by atomic mass is 16.3. The van der Waals surface area contributed by atoms with Gasteiger partial charge >= 0.3 is 0 Å². The minimum Gasteiger partial charge on any atom is -0.456 e. The summed E-state index contributed by atoms with van der Waals surface area (Å²) in [5, 5.41) is 2.35. The lowest BCUT2D eigenvalue weighted by atomic mass is 9.33. The van der Waals surface area contributed by atoms with Gasteiger partial charge < -0.3 is 19.1 Å². The Morgan fingerprint density at radius 2 is 1.06 bits per heavy atom. The van der Waals surface area contributed by atoms with E-state index < -0.39 is 0 Å². The quantitative estimate of drug-likeness (QED) is 0.161. The van der Waals surface area contributed by atoms with Crippen LogP contribution in [0.2, 0.25) is 0 Å². The van der Waals surface area contributed by atoms with Gasteiger partial charge in [-0.15, -0.1) is 0 Å². The zero-order valence-electron chi connectivity index (χ0n) is 45.6. The predicted molar refractivity (Wildman–Crippen MR) is 304 cm³/mol. The fourth-order valence-electron chi connectivity index (χ4n) is 15.7. The lowest BCUT2D eigenvalue weighted by molar-refractivity contribution is 0.194. The van der Waals surface area contributed by atoms with E-state index in [0.29, 0.717) is 0 Å². The Morgan fingerprint density at radius 1 is 0.479 bits per heavy atom. The van der Waals surface area contributed by atoms with E-state index in [9.17, 15) is 0 Å². The first kappa shape index (κ1) is 45.4. The van der Waals surface area contributed by atoms with Crippen LogP contribution in [0.4, 0.5) is 39.8 Å². The molecular formula is C66H76BN3O. The van der Waals surface area contributed by atoms with E-state index in [4.69, 9.17) is 4.42 Å². The molecule has 0 amide bonds. The van der Waals surface area contributed by atoms with Crippen LogP contribution < -0.4 is 31.1 Å². The van der Waals surface area contributed by atoms with Gasteiger partial charge in [0.2, 0.25) is 0 Å². The van der Waals surface area contributed by atoms with E-state index in [1.165, 1.54) is 139 Å². The molecule has 0 spiro atoms. The summed E-state index contributed by atoms with van der Waals surface area (Å²) in [6, 6.07) is 36.9. The summed E-state index contributed by atoms with van der Waals surface area (Å²) >= 11 is 0. The van der Waals surface area contributed by atoms with Gasteiger partial charge in [-0.05, 0) is 161 Å². The molecule has 7 aromatic rings. The average Bonchev–Trinajstić information content (AvgIpc) is 3.84. The molecule has 1 aromatic heterocycles. The first-order valence-electron chi connectivity index (χ1n) is 27.4. The number of fused-ring (bicyclic) bond motifs is 13. The van der Waals surface area contributed by atoms with Gasteiger partial charge in [-0.25, -0.2) is 0 Å². The molecule has 0 radical (unpaired) electrons. The van der Waals surface area contributed by atoms with Gasteiger partial charge in [0.15, 0.2) is 0 Å². The van der Waals surface area contributed by atoms with Crippen molar-refractivity contribution >= 4 is 84.9 Å². The summed E-state index contributed by atoms with van der Waals surface area (Å²) in [5.74, 6) is 0. The smallest absolute Gasteiger partial charge is 0.252 e. The summed E-state index contributed by atoms with van der Waals surface area (Å²) in [6.07, 6.45) is 9.72. The Bertz CT molecular complexity index is 3440. The predicted octanol–water partition coefficient (Wildman–Crippen LogP) is 16.2. The maximum Gasteiger partial charge on any atom is 0.252 e. The highest BCUT2D eigenvalue weighted by Gasteiger charge is 2.63. The van der Waals surface area contributed by atoms with Crippen molar-refractivity contribution in [1.82, 2.24) is 0 Å². The summed E-state index contributed by atoms with van der Waals surface area (Å²) in [5.41, 5.74) is 25.4. The van der Waals surface area contributed by atoms with Crippen molar-refractivity contribution < 1.29 is 4.42 Å². The van der Waals surface area contributed by atoms with Crippen LogP contribution in [0.1, 0.15) is 180 Å². The van der Waals surface area contributed by atoms with Crippen molar-refractivity contribution in [1.29, 1.82) is 0 Å². The molecule has 6 aliphatic rings. The standard InChI is InChI=1S/C66H76BN3O/c1-39-30-42(61(6,7)8)31-40(2)58(39)68-52-37-46-45-22-16-17-23-55(45)71-56(46)38-49(52)67-50-34-43(62(9,10)11)33-48-59(50)70(66(15)29-21-19-27-64(48,66)13)54-36-44(35-53(68)57(54)67)69-51-25-24-41(60(3,4)5)32-47(51)63(12)26-18-20-28-65(63,69)14/h16-17,22-25,30-38H,18-21,26-29H2,1-15H3. The van der Waals surface area contributed by atoms with Crippen molar-refractivity contribution in [2.24, 2.45) is 0 Å². The van der Waals surface area contributed by atoms with Crippen LogP contribution in [-0.4, -0.2) is 17.8 Å². The zero-order chi connectivity index (χ0) is 49.9. The van der Waals surface area contributed by atoms with E-state index in [1.54, 1.807) is 5.56 Å². The summed E-state index contributed by atoms with van der Waals surface area (Å²) in [4.78, 5) is 8.57. The van der Waals surface area contributed by atoms with E-state index in [1.807, 2.05) is 0 Å². The Balaban J connectivity index is 1.20. The fourth-order valence-corrected chi connectivity index (χ4v) is 15.7. The molecule has 2 saturated carbocycles. The monoisotopic (exact) mass is 938 g/mol. The number of hydrogen-bond donors (Lipinski definition) is 0. The number of anilines is 7. The van der Waals surface area contributed by atoms with Gasteiger partial charge in [0, 0.05) is 55.7 Å². The highest BCUT2D eigenvalue weighted by Crippen LogP contribution is 2.65. The van der Waals surface area contributed by atoms with Gasteiger partial charge in [-0.2, -0.15) is 0 Å². The molecule has 2 aliphatic carbocycles. The molecule has 4 unspecified atom stereocenters. The third-order valence-electron chi connectivity index (χ3n) is 20.2. The van der Waals surface area contributed by atoms with Gasteiger partial charge in [0.1, 0.15) is 11.2 Å². The first-order chi connectivity index (χ1) is 33.4. The first-order valence-corrected chi connectivity index (χ1v) is 27.4. The molecule has 0 saturated heterocycles. The van der Waals surface area contributed by atoms with Gasteiger partial charge in [-0.1, -0.05) is 156 Å². The second-order valence-electron chi connectivity index (χ2n) is 27.4. The molecular weight excluding hydrogens is 862 g/mol. The number of aryl methyl sites for hydroxylation is 2. The van der Waals surface area contributed by atoms with Crippen LogP contribution in [0.3, 0.4) is 0 Å². The molecule has 4 nitrogen and oxygen atoms in total. The summed E-state index contributed by atoms with van der Waals surface area (Å²) < 4.78 is 6.91. The van der Waals surface area contributed by atoms with Gasteiger partial charge in [-0.3, -0.25) is 0 Å². The lowest BCUT2D eigenvalue weighted by Crippen LogP contribution is -2.64. The number of furan rings is 1. The number of benzene rings is 6. The summed E-state index contributed by atoms with van der Waals surface area (Å²) in [7, 11) is 0. The third kappa shape index (κ3) is 5.81. The largest absolute Gasteiger partial charge is 0.456 e. The molecule has 71 heavy (non-hydrogen) atoms. The normalized spacial score (nSPS) is 25.3. The Labute approximate surface area is 425 Å². The molecule has 5 heterocycles. The Hall–Kier alpha value is -5.42. The second-order valence-corrected chi connectivity index (χ2v) is 27.4. The van der Waals surface area contributed by atoms with Crippen LogP contribution in [-0.2, 0) is 27.1 Å². The molecule has 0 N–H and O–H groups in total. The molecule has 4 atom stereocenters. The Morgan fingerprint density at radius 3 is 1.72 bits per heavy atom. The molecule has 5 heteroatoms. The van der Waals surface area contributed by atoms with Crippen LogP contribution in [0.15, 0.2) is 95.4 Å². The van der Waals surface area contributed by atoms with Gasteiger partial charge in [0.25, 0.3) is 6.71 Å². The molecule has 0 bridgehead atoms. The fraction of sp³-hybridized carbons (Fsp3) is 0.455. The molecule has 6 aromatic carbocycles. The zero-order valence-corrected chi connectivity index (χ0v) is 45.6. The minimum absolute atomic E-state index is 0.00159. The van der Waals surface area contributed by atoms with Crippen molar-refractivity contribution in [2.45, 2.75) is 193 Å². The van der Waals surface area contributed by atoms with E-state index in [-0.39, 0.29) is 44.9 Å². The Kier molecular flexibility index (Phi) is 9.09. The van der Waals surface area contributed by atoms with Crippen LogP contribution in [0, 0.1) is 13.8 Å². The van der Waals surface area contributed by atoms with Crippen molar-refractivity contribution in [3.05, 3.63) is 130 Å². The summed E-state index contributed by atoms with van der Waals surface area (Å²) in [6.45, 7) is 36.7. The molecule has 13 rings (SSSR count). The maximum atomic E-state index is 6.91. The number of hydrogen-bond acceptors (Lipinski definition) is 4.